The van der Waals surface area contributed by atoms with Gasteiger partial charge in [0.25, 0.3) is 5.91 Å². The smallest absolute Gasteiger partial charge is 0.253 e. The van der Waals surface area contributed by atoms with Gasteiger partial charge in [0.2, 0.25) is 0 Å². The van der Waals surface area contributed by atoms with E-state index in [1.807, 2.05) is 78.2 Å². The molecule has 0 aliphatic rings. The molecule has 1 aromatic heterocycles. The summed E-state index contributed by atoms with van der Waals surface area (Å²) in [4.78, 5) is 12.7. The van der Waals surface area contributed by atoms with Crippen LogP contribution in [-0.4, -0.2) is 32.1 Å². The molecule has 9 heteroatoms. The van der Waals surface area contributed by atoms with Crippen molar-refractivity contribution in [3.63, 3.8) is 0 Å². The van der Waals surface area contributed by atoms with Gasteiger partial charge in [0.05, 0.1) is 18.0 Å². The van der Waals surface area contributed by atoms with Crippen LogP contribution in [-0.2, 0) is 11.3 Å². The number of hydrogen-bond acceptors (Lipinski definition) is 6. The topological polar surface area (TPSA) is 84.2 Å². The largest absolute Gasteiger partial charge is 0.378 e. The SMILES string of the molecule is Cc1ccc(NCc2nnc(S[C@@H](C)C(=O)NN=Cc3cccc(Br)c3)n2-c2ccccc2)cc1. The molecule has 35 heavy (non-hydrogen) atoms. The molecule has 4 rings (SSSR count). The monoisotopic (exact) mass is 548 g/mol. The summed E-state index contributed by atoms with van der Waals surface area (Å²) in [5.41, 5.74) is 6.63. The lowest BCUT2D eigenvalue weighted by Crippen LogP contribution is -2.27. The van der Waals surface area contributed by atoms with Crippen molar-refractivity contribution >= 4 is 45.5 Å². The second kappa shape index (κ2) is 11.8. The van der Waals surface area contributed by atoms with Crippen LogP contribution in [0.25, 0.3) is 5.69 Å². The van der Waals surface area contributed by atoms with E-state index in [2.05, 4.69) is 61.0 Å². The third-order valence-corrected chi connectivity index (χ3v) is 6.64. The molecule has 178 valence electrons. The second-order valence-corrected chi connectivity index (χ2v) is 10.1. The quantitative estimate of drug-likeness (QED) is 0.162. The number of halogens is 1. The second-order valence-electron chi connectivity index (χ2n) is 7.84. The molecule has 0 saturated heterocycles. The maximum Gasteiger partial charge on any atom is 0.253 e. The van der Waals surface area contributed by atoms with Gasteiger partial charge in [-0.2, -0.15) is 5.10 Å². The Bertz CT molecular complexity index is 1310. The van der Waals surface area contributed by atoms with Gasteiger partial charge >= 0.3 is 0 Å². The van der Waals surface area contributed by atoms with Gasteiger partial charge in [0.1, 0.15) is 0 Å². The van der Waals surface area contributed by atoms with Gasteiger partial charge in [-0.25, -0.2) is 5.43 Å². The molecule has 3 aromatic carbocycles. The molecule has 0 bridgehead atoms. The van der Waals surface area contributed by atoms with Gasteiger partial charge in [0.15, 0.2) is 11.0 Å². The summed E-state index contributed by atoms with van der Waals surface area (Å²) < 4.78 is 2.92. The van der Waals surface area contributed by atoms with Crippen molar-refractivity contribution in [2.45, 2.75) is 30.8 Å². The summed E-state index contributed by atoms with van der Waals surface area (Å²) in [6.07, 6.45) is 1.61. The van der Waals surface area contributed by atoms with Crippen molar-refractivity contribution in [1.82, 2.24) is 20.2 Å². The highest BCUT2D eigenvalue weighted by Gasteiger charge is 2.21. The number of para-hydroxylation sites is 1. The van der Waals surface area contributed by atoms with Crippen molar-refractivity contribution < 1.29 is 4.79 Å². The van der Waals surface area contributed by atoms with E-state index in [4.69, 9.17) is 0 Å². The molecular formula is C26H25BrN6OS. The van der Waals surface area contributed by atoms with Crippen LogP contribution in [0.4, 0.5) is 5.69 Å². The Morgan fingerprint density at radius 1 is 1.09 bits per heavy atom. The normalized spacial score (nSPS) is 12.0. The average Bonchev–Trinajstić information content (AvgIpc) is 3.26. The maximum absolute atomic E-state index is 12.7. The Kier molecular flexibility index (Phi) is 8.33. The summed E-state index contributed by atoms with van der Waals surface area (Å²) in [6.45, 7) is 4.37. The highest BCUT2D eigenvalue weighted by molar-refractivity contribution is 9.10. The minimum absolute atomic E-state index is 0.219. The van der Waals surface area contributed by atoms with E-state index in [1.165, 1.54) is 17.3 Å². The van der Waals surface area contributed by atoms with E-state index in [-0.39, 0.29) is 5.91 Å². The van der Waals surface area contributed by atoms with E-state index in [9.17, 15) is 4.79 Å². The van der Waals surface area contributed by atoms with Crippen LogP contribution in [0.15, 0.2) is 93.6 Å². The molecule has 2 N–H and O–H groups in total. The van der Waals surface area contributed by atoms with Crippen molar-refractivity contribution in [2.75, 3.05) is 5.32 Å². The van der Waals surface area contributed by atoms with Gasteiger partial charge in [-0.15, -0.1) is 10.2 Å². The standard InChI is InChI=1S/C26H25BrN6OS/c1-18-11-13-22(14-12-18)28-17-24-30-32-26(33(24)23-9-4-3-5-10-23)35-19(2)25(34)31-29-16-20-7-6-8-21(27)15-20/h3-16,19,28H,17H2,1-2H3,(H,31,34)/t19-/m0/s1. The summed E-state index contributed by atoms with van der Waals surface area (Å²) in [6, 6.07) is 25.8. The molecule has 0 aliphatic heterocycles. The Balaban J connectivity index is 1.47. The van der Waals surface area contributed by atoms with Crippen molar-refractivity contribution in [3.05, 3.63) is 100 Å². The average molecular weight is 549 g/mol. The first-order chi connectivity index (χ1) is 17.0. The first-order valence-corrected chi connectivity index (χ1v) is 12.7. The third-order valence-electron chi connectivity index (χ3n) is 5.11. The summed E-state index contributed by atoms with van der Waals surface area (Å²) in [7, 11) is 0. The minimum atomic E-state index is -0.431. The zero-order valence-corrected chi connectivity index (χ0v) is 21.8. The number of nitrogens with one attached hydrogen (secondary N) is 2. The Morgan fingerprint density at radius 2 is 1.86 bits per heavy atom. The fourth-order valence-corrected chi connectivity index (χ4v) is 4.54. The van der Waals surface area contributed by atoms with Gasteiger partial charge in [0, 0.05) is 15.8 Å². The zero-order valence-electron chi connectivity index (χ0n) is 19.4. The zero-order chi connectivity index (χ0) is 24.6. The molecule has 7 nitrogen and oxygen atoms in total. The van der Waals surface area contributed by atoms with Gasteiger partial charge in [-0.1, -0.05) is 75.7 Å². The highest BCUT2D eigenvalue weighted by Crippen LogP contribution is 2.26. The number of carbonyl (C=O) groups excluding carboxylic acids is 1. The number of hydrazone groups is 1. The van der Waals surface area contributed by atoms with Crippen LogP contribution in [0.1, 0.15) is 23.9 Å². The van der Waals surface area contributed by atoms with Crippen molar-refractivity contribution in [2.24, 2.45) is 5.10 Å². The van der Waals surface area contributed by atoms with E-state index in [0.717, 1.165) is 27.2 Å². The first kappa shape index (κ1) is 24.7. The van der Waals surface area contributed by atoms with Gasteiger partial charge < -0.3 is 5.32 Å². The third kappa shape index (κ3) is 6.80. The number of thioether (sulfide) groups is 1. The molecule has 0 fully saturated rings. The van der Waals surface area contributed by atoms with Crippen LogP contribution < -0.4 is 10.7 Å². The van der Waals surface area contributed by atoms with Crippen LogP contribution in [0.5, 0.6) is 0 Å². The Morgan fingerprint density at radius 3 is 2.60 bits per heavy atom. The number of aryl methyl sites for hydroxylation is 1. The number of aromatic nitrogens is 3. The molecule has 0 aliphatic carbocycles. The van der Waals surface area contributed by atoms with E-state index >= 15 is 0 Å². The van der Waals surface area contributed by atoms with Gasteiger partial charge in [-0.3, -0.25) is 9.36 Å². The lowest BCUT2D eigenvalue weighted by molar-refractivity contribution is -0.120. The molecule has 0 unspecified atom stereocenters. The number of nitrogens with zero attached hydrogens (tertiary/aromatic N) is 4. The number of rotatable bonds is 9. The molecule has 0 spiro atoms. The number of amides is 1. The molecular weight excluding hydrogens is 524 g/mol. The van der Waals surface area contributed by atoms with Crippen LogP contribution >= 0.6 is 27.7 Å². The predicted molar refractivity (Wildman–Crippen MR) is 145 cm³/mol. The van der Waals surface area contributed by atoms with Crippen molar-refractivity contribution in [1.29, 1.82) is 0 Å². The highest BCUT2D eigenvalue weighted by atomic mass is 79.9. The van der Waals surface area contributed by atoms with Crippen molar-refractivity contribution in [3.8, 4) is 5.69 Å². The Labute approximate surface area is 217 Å². The fraction of sp³-hybridized carbons (Fsp3) is 0.154. The number of benzene rings is 3. The van der Waals surface area contributed by atoms with E-state index < -0.39 is 5.25 Å². The number of carbonyl (C=O) groups is 1. The Hall–Kier alpha value is -3.43. The summed E-state index contributed by atoms with van der Waals surface area (Å²) in [5.74, 6) is 0.530. The lowest BCUT2D eigenvalue weighted by atomic mass is 10.2. The molecule has 0 radical (unpaired) electrons. The molecule has 4 aromatic rings. The number of hydrogen-bond donors (Lipinski definition) is 2. The first-order valence-electron chi connectivity index (χ1n) is 11.0. The molecule has 0 saturated carbocycles. The van der Waals surface area contributed by atoms with Crippen LogP contribution in [0.3, 0.4) is 0 Å². The molecule has 1 amide bonds. The predicted octanol–water partition coefficient (Wildman–Crippen LogP) is 5.58. The summed E-state index contributed by atoms with van der Waals surface area (Å²) in [5, 5.41) is 16.5. The maximum atomic E-state index is 12.7. The number of anilines is 1. The summed E-state index contributed by atoms with van der Waals surface area (Å²) >= 11 is 4.76. The van der Waals surface area contributed by atoms with E-state index in [0.29, 0.717) is 11.7 Å². The lowest BCUT2D eigenvalue weighted by Gasteiger charge is -2.13. The van der Waals surface area contributed by atoms with E-state index in [1.54, 1.807) is 6.21 Å². The van der Waals surface area contributed by atoms with Crippen LogP contribution in [0.2, 0.25) is 0 Å². The van der Waals surface area contributed by atoms with Gasteiger partial charge in [-0.05, 0) is 55.8 Å². The van der Waals surface area contributed by atoms with Crippen LogP contribution in [0, 0.1) is 6.92 Å². The minimum Gasteiger partial charge on any atom is -0.378 e. The molecule has 1 heterocycles. The molecule has 1 atom stereocenters. The fourth-order valence-electron chi connectivity index (χ4n) is 3.24.